The van der Waals surface area contributed by atoms with Gasteiger partial charge in [-0.2, -0.15) is 0 Å². The minimum Gasteiger partial charge on any atom is -0.367 e. The molecule has 94 valence electrons. The van der Waals surface area contributed by atoms with Gasteiger partial charge in [0.2, 0.25) is 5.28 Å². The van der Waals surface area contributed by atoms with Crippen LogP contribution in [0.1, 0.15) is 18.5 Å². The third-order valence-electron chi connectivity index (χ3n) is 2.73. The molecule has 2 heterocycles. The van der Waals surface area contributed by atoms with Crippen LogP contribution in [0.25, 0.3) is 0 Å². The predicted molar refractivity (Wildman–Crippen MR) is 67.1 cm³/mol. The molecule has 0 radical (unpaired) electrons. The van der Waals surface area contributed by atoms with Gasteiger partial charge in [-0.1, -0.05) is 0 Å². The van der Waals surface area contributed by atoms with Crippen molar-refractivity contribution >= 4 is 27.3 Å². The maximum absolute atomic E-state index is 11.3. The van der Waals surface area contributed by atoms with Crippen molar-refractivity contribution in [2.75, 3.05) is 16.8 Å². The summed E-state index contributed by atoms with van der Waals surface area (Å²) in [7, 11) is -2.82. The molecule has 0 amide bonds. The first-order valence-electron chi connectivity index (χ1n) is 5.43. The van der Waals surface area contributed by atoms with Crippen molar-refractivity contribution in [3.63, 3.8) is 0 Å². The number of hydrogen-bond donors (Lipinski definition) is 1. The van der Waals surface area contributed by atoms with Crippen LogP contribution in [0.3, 0.4) is 0 Å². The van der Waals surface area contributed by atoms with E-state index in [0.29, 0.717) is 18.7 Å². The average molecular weight is 276 g/mol. The first-order valence-corrected chi connectivity index (χ1v) is 7.63. The number of hydrogen-bond acceptors (Lipinski definition) is 5. The fourth-order valence-corrected chi connectivity index (χ4v) is 3.57. The number of nitrogens with zero attached hydrogens (tertiary/aromatic N) is 2. The molecular formula is C10H14ClN3O2S. The van der Waals surface area contributed by atoms with Gasteiger partial charge in [0.15, 0.2) is 0 Å². The highest BCUT2D eigenvalue weighted by Gasteiger charge is 2.23. The second-order valence-electron chi connectivity index (χ2n) is 4.23. The van der Waals surface area contributed by atoms with Gasteiger partial charge in [-0.05, 0) is 31.4 Å². The molecule has 0 bridgehead atoms. The Labute approximate surface area is 106 Å². The molecule has 0 aliphatic carbocycles. The Kier molecular flexibility index (Phi) is 3.53. The summed E-state index contributed by atoms with van der Waals surface area (Å²) < 4.78 is 22.6. The van der Waals surface area contributed by atoms with Crippen molar-refractivity contribution < 1.29 is 8.42 Å². The molecule has 0 unspecified atom stereocenters. The van der Waals surface area contributed by atoms with Gasteiger partial charge in [-0.15, -0.1) is 0 Å². The zero-order chi connectivity index (χ0) is 12.5. The third kappa shape index (κ3) is 3.54. The smallest absolute Gasteiger partial charge is 0.224 e. The van der Waals surface area contributed by atoms with Gasteiger partial charge >= 0.3 is 0 Å². The summed E-state index contributed by atoms with van der Waals surface area (Å²) in [6, 6.07) is 1.94. The predicted octanol–water partition coefficient (Wildman–Crippen LogP) is 1.43. The molecule has 0 atom stereocenters. The van der Waals surface area contributed by atoms with E-state index in [1.807, 2.05) is 6.92 Å². The van der Waals surface area contributed by atoms with Gasteiger partial charge < -0.3 is 5.32 Å². The zero-order valence-corrected chi connectivity index (χ0v) is 11.1. The van der Waals surface area contributed by atoms with Crippen molar-refractivity contribution in [1.29, 1.82) is 0 Å². The molecule has 7 heteroatoms. The van der Waals surface area contributed by atoms with Crippen LogP contribution < -0.4 is 5.32 Å². The van der Waals surface area contributed by atoms with Crippen LogP contribution in [0.4, 0.5) is 5.82 Å². The Morgan fingerprint density at radius 3 is 2.59 bits per heavy atom. The van der Waals surface area contributed by atoms with Crippen LogP contribution in [0, 0.1) is 6.92 Å². The summed E-state index contributed by atoms with van der Waals surface area (Å²) in [6.07, 6.45) is 1.23. The summed E-state index contributed by atoms with van der Waals surface area (Å²) in [5.41, 5.74) is 0.788. The van der Waals surface area contributed by atoms with Crippen molar-refractivity contribution in [2.45, 2.75) is 25.8 Å². The zero-order valence-electron chi connectivity index (χ0n) is 9.48. The number of aromatic nitrogens is 2. The molecule has 5 nitrogen and oxygen atoms in total. The van der Waals surface area contributed by atoms with Crippen LogP contribution in [0.2, 0.25) is 5.28 Å². The van der Waals surface area contributed by atoms with Crippen molar-refractivity contribution in [3.8, 4) is 0 Å². The molecule has 0 saturated carbocycles. The van der Waals surface area contributed by atoms with Gasteiger partial charge in [-0.3, -0.25) is 0 Å². The highest BCUT2D eigenvalue weighted by atomic mass is 35.5. The molecule has 1 aliphatic heterocycles. The molecule has 1 N–H and O–H groups in total. The second-order valence-corrected chi connectivity index (χ2v) is 6.88. The Morgan fingerprint density at radius 2 is 2.00 bits per heavy atom. The number of aryl methyl sites for hydroxylation is 1. The van der Waals surface area contributed by atoms with E-state index in [-0.39, 0.29) is 22.8 Å². The maximum Gasteiger partial charge on any atom is 0.224 e. The molecule has 0 aromatic carbocycles. The first-order chi connectivity index (χ1) is 7.94. The van der Waals surface area contributed by atoms with Crippen LogP contribution in [0.15, 0.2) is 6.07 Å². The maximum atomic E-state index is 11.3. The van der Waals surface area contributed by atoms with Crippen LogP contribution in [-0.4, -0.2) is 35.9 Å². The van der Waals surface area contributed by atoms with E-state index in [9.17, 15) is 8.42 Å². The number of nitrogens with one attached hydrogen (secondary N) is 1. The first kappa shape index (κ1) is 12.6. The van der Waals surface area contributed by atoms with Gasteiger partial charge in [0.1, 0.15) is 15.7 Å². The van der Waals surface area contributed by atoms with E-state index in [2.05, 4.69) is 15.3 Å². The largest absolute Gasteiger partial charge is 0.367 e. The van der Waals surface area contributed by atoms with Gasteiger partial charge in [0.05, 0.1) is 11.5 Å². The summed E-state index contributed by atoms with van der Waals surface area (Å²) in [5, 5.41) is 3.40. The highest BCUT2D eigenvalue weighted by molar-refractivity contribution is 7.91. The average Bonchev–Trinajstić information content (AvgIpc) is 2.20. The quantitative estimate of drug-likeness (QED) is 0.827. The standard InChI is InChI=1S/C10H14ClN3O2S/c1-7-6-9(14-10(11)12-7)13-8-2-4-17(15,16)5-3-8/h6,8H,2-5H2,1H3,(H,12,13,14). The molecule has 1 aromatic heterocycles. The SMILES string of the molecule is Cc1cc(NC2CCS(=O)(=O)CC2)nc(Cl)n1. The Morgan fingerprint density at radius 1 is 1.35 bits per heavy atom. The van der Waals surface area contributed by atoms with Crippen LogP contribution >= 0.6 is 11.6 Å². The Balaban J connectivity index is 2.02. The van der Waals surface area contributed by atoms with E-state index < -0.39 is 9.84 Å². The molecule has 0 spiro atoms. The normalized spacial score (nSPS) is 20.1. The number of rotatable bonds is 2. The molecule has 2 rings (SSSR count). The summed E-state index contributed by atoms with van der Waals surface area (Å²) in [6.45, 7) is 1.84. The topological polar surface area (TPSA) is 72.0 Å². The fourth-order valence-electron chi connectivity index (χ4n) is 1.85. The van der Waals surface area contributed by atoms with Crippen molar-refractivity contribution in [2.24, 2.45) is 0 Å². The van der Waals surface area contributed by atoms with E-state index >= 15 is 0 Å². The minimum absolute atomic E-state index is 0.142. The number of anilines is 1. The van der Waals surface area contributed by atoms with E-state index in [1.165, 1.54) is 0 Å². The lowest BCUT2D eigenvalue weighted by atomic mass is 10.1. The van der Waals surface area contributed by atoms with Crippen molar-refractivity contribution in [1.82, 2.24) is 9.97 Å². The minimum atomic E-state index is -2.82. The molecule has 1 aliphatic rings. The van der Waals surface area contributed by atoms with Crippen LogP contribution in [-0.2, 0) is 9.84 Å². The number of sulfone groups is 1. The van der Waals surface area contributed by atoms with Gasteiger partial charge in [0.25, 0.3) is 0 Å². The lowest BCUT2D eigenvalue weighted by molar-refractivity contribution is 0.559. The molecule has 17 heavy (non-hydrogen) atoms. The molecule has 1 aromatic rings. The van der Waals surface area contributed by atoms with E-state index in [0.717, 1.165) is 5.69 Å². The lowest BCUT2D eigenvalue weighted by Gasteiger charge is -2.23. The van der Waals surface area contributed by atoms with Gasteiger partial charge in [-0.25, -0.2) is 18.4 Å². The molecular weight excluding hydrogens is 262 g/mol. The lowest BCUT2D eigenvalue weighted by Crippen LogP contribution is -2.32. The van der Waals surface area contributed by atoms with E-state index in [1.54, 1.807) is 6.07 Å². The second kappa shape index (κ2) is 4.78. The summed E-state index contributed by atoms with van der Waals surface area (Å²) >= 11 is 5.76. The summed E-state index contributed by atoms with van der Waals surface area (Å²) in [5.74, 6) is 1.14. The fraction of sp³-hybridized carbons (Fsp3) is 0.600. The van der Waals surface area contributed by atoms with Crippen LogP contribution in [0.5, 0.6) is 0 Å². The van der Waals surface area contributed by atoms with Crippen molar-refractivity contribution in [3.05, 3.63) is 17.0 Å². The monoisotopic (exact) mass is 275 g/mol. The van der Waals surface area contributed by atoms with E-state index in [4.69, 9.17) is 11.6 Å². The molecule has 1 saturated heterocycles. The summed E-state index contributed by atoms with van der Waals surface area (Å²) in [4.78, 5) is 8.03. The van der Waals surface area contributed by atoms with Gasteiger partial charge in [0, 0.05) is 17.8 Å². The molecule has 1 fully saturated rings. The Hall–Kier alpha value is -0.880. The highest BCUT2D eigenvalue weighted by Crippen LogP contribution is 2.18. The number of halogens is 1. The Bertz CT molecular complexity index is 484. The third-order valence-corrected chi connectivity index (χ3v) is 4.62.